The maximum atomic E-state index is 5.71. The zero-order chi connectivity index (χ0) is 5.56. The van der Waals surface area contributed by atoms with Crippen molar-refractivity contribution in [2.24, 2.45) is 0 Å². The van der Waals surface area contributed by atoms with Gasteiger partial charge in [0.1, 0.15) is 12.2 Å². The molecule has 0 aromatic heterocycles. The average Bonchev–Trinajstić information content (AvgIpc) is 2.46. The molecule has 0 spiro atoms. The standard InChI is InChI=1S/C5H7ClO2/c6-3-4-5(3)8-2-1-7-4/h3-5H,1-2H2. The van der Waals surface area contributed by atoms with E-state index in [1.807, 2.05) is 0 Å². The molecule has 2 fully saturated rings. The lowest BCUT2D eigenvalue weighted by Crippen LogP contribution is -2.16. The zero-order valence-corrected chi connectivity index (χ0v) is 5.10. The Bertz CT molecular complexity index is 94.6. The highest BCUT2D eigenvalue weighted by atomic mass is 35.5. The van der Waals surface area contributed by atoms with E-state index in [9.17, 15) is 0 Å². The fourth-order valence-electron chi connectivity index (χ4n) is 0.966. The van der Waals surface area contributed by atoms with Gasteiger partial charge in [0.2, 0.25) is 0 Å². The molecule has 1 aliphatic heterocycles. The maximum absolute atomic E-state index is 5.71. The number of hydrogen-bond acceptors (Lipinski definition) is 2. The molecule has 1 heterocycles. The van der Waals surface area contributed by atoms with Gasteiger partial charge in [-0.2, -0.15) is 0 Å². The molecule has 0 aromatic rings. The van der Waals surface area contributed by atoms with Crippen molar-refractivity contribution in [1.29, 1.82) is 0 Å². The third-order valence-electron chi connectivity index (χ3n) is 1.51. The van der Waals surface area contributed by atoms with Crippen molar-refractivity contribution in [3.8, 4) is 0 Å². The second-order valence-corrected chi connectivity index (χ2v) is 2.62. The van der Waals surface area contributed by atoms with Gasteiger partial charge in [0.05, 0.1) is 18.6 Å². The van der Waals surface area contributed by atoms with E-state index in [-0.39, 0.29) is 17.6 Å². The van der Waals surface area contributed by atoms with Gasteiger partial charge in [0.15, 0.2) is 0 Å². The van der Waals surface area contributed by atoms with Gasteiger partial charge in [-0.25, -0.2) is 0 Å². The minimum atomic E-state index is 0.137. The van der Waals surface area contributed by atoms with E-state index >= 15 is 0 Å². The molecule has 2 unspecified atom stereocenters. The molecule has 1 saturated heterocycles. The minimum Gasteiger partial charge on any atom is -0.371 e. The predicted octanol–water partition coefficient (Wildman–Crippen LogP) is 0.391. The van der Waals surface area contributed by atoms with E-state index in [4.69, 9.17) is 21.1 Å². The van der Waals surface area contributed by atoms with Crippen LogP contribution in [0.4, 0.5) is 0 Å². The van der Waals surface area contributed by atoms with Crippen LogP contribution in [-0.2, 0) is 9.47 Å². The number of hydrogen-bond donors (Lipinski definition) is 0. The van der Waals surface area contributed by atoms with E-state index in [1.54, 1.807) is 0 Å². The third-order valence-corrected chi connectivity index (χ3v) is 2.01. The Kier molecular flexibility index (Phi) is 1.00. The van der Waals surface area contributed by atoms with Crippen molar-refractivity contribution in [3.05, 3.63) is 0 Å². The van der Waals surface area contributed by atoms with Crippen LogP contribution in [-0.4, -0.2) is 30.8 Å². The van der Waals surface area contributed by atoms with Crippen LogP contribution in [0.15, 0.2) is 0 Å². The Morgan fingerprint density at radius 2 is 1.62 bits per heavy atom. The molecule has 0 amide bonds. The largest absolute Gasteiger partial charge is 0.371 e. The van der Waals surface area contributed by atoms with E-state index in [1.165, 1.54) is 0 Å². The van der Waals surface area contributed by atoms with Crippen molar-refractivity contribution in [2.45, 2.75) is 17.6 Å². The first-order valence-corrected chi connectivity index (χ1v) is 3.20. The molecule has 2 nitrogen and oxygen atoms in total. The SMILES string of the molecule is ClC1C2OCCOC12. The number of ether oxygens (including phenoxy) is 2. The van der Waals surface area contributed by atoms with Gasteiger partial charge in [0, 0.05) is 0 Å². The molecule has 3 heteroatoms. The normalized spacial score (nSPS) is 52.9. The van der Waals surface area contributed by atoms with Crippen LogP contribution in [0.2, 0.25) is 0 Å². The lowest BCUT2D eigenvalue weighted by Gasteiger charge is -2.08. The van der Waals surface area contributed by atoms with Gasteiger partial charge in [-0.1, -0.05) is 0 Å². The summed E-state index contributed by atoms with van der Waals surface area (Å²) >= 11 is 5.71. The Morgan fingerprint density at radius 1 is 1.12 bits per heavy atom. The molecule has 0 aromatic carbocycles. The van der Waals surface area contributed by atoms with Crippen LogP contribution >= 0.6 is 11.6 Å². The van der Waals surface area contributed by atoms with Gasteiger partial charge in [-0.05, 0) is 0 Å². The van der Waals surface area contributed by atoms with Crippen LogP contribution < -0.4 is 0 Å². The van der Waals surface area contributed by atoms with Crippen molar-refractivity contribution >= 4 is 11.6 Å². The molecule has 2 atom stereocenters. The number of rotatable bonds is 0. The van der Waals surface area contributed by atoms with Crippen LogP contribution in [0.25, 0.3) is 0 Å². The highest BCUT2D eigenvalue weighted by Gasteiger charge is 2.53. The summed E-state index contributed by atoms with van der Waals surface area (Å²) in [5.41, 5.74) is 0. The summed E-state index contributed by atoms with van der Waals surface area (Å²) in [4.78, 5) is 0. The number of fused-ring (bicyclic) bond motifs is 1. The second-order valence-electron chi connectivity index (χ2n) is 2.12. The van der Waals surface area contributed by atoms with Gasteiger partial charge in [-0.15, -0.1) is 11.6 Å². The fourth-order valence-corrected chi connectivity index (χ4v) is 1.31. The summed E-state index contributed by atoms with van der Waals surface area (Å²) in [5.74, 6) is 0. The topological polar surface area (TPSA) is 18.5 Å². The molecule has 2 rings (SSSR count). The lowest BCUT2D eigenvalue weighted by atomic mass is 10.6. The number of alkyl halides is 1. The smallest absolute Gasteiger partial charge is 0.104 e. The Labute approximate surface area is 52.7 Å². The van der Waals surface area contributed by atoms with Crippen LogP contribution in [0, 0.1) is 0 Å². The molecule has 8 heavy (non-hydrogen) atoms. The van der Waals surface area contributed by atoms with Gasteiger partial charge >= 0.3 is 0 Å². The quantitative estimate of drug-likeness (QED) is 0.447. The summed E-state index contributed by atoms with van der Waals surface area (Å²) in [5, 5.41) is 0.137. The molecule has 2 aliphatic rings. The minimum absolute atomic E-state index is 0.137. The van der Waals surface area contributed by atoms with Crippen LogP contribution in [0.3, 0.4) is 0 Å². The molecule has 1 saturated carbocycles. The van der Waals surface area contributed by atoms with Crippen molar-refractivity contribution in [2.75, 3.05) is 13.2 Å². The van der Waals surface area contributed by atoms with E-state index < -0.39 is 0 Å². The van der Waals surface area contributed by atoms with E-state index in [0.717, 1.165) is 0 Å². The third kappa shape index (κ3) is 0.569. The van der Waals surface area contributed by atoms with Gasteiger partial charge in [-0.3, -0.25) is 0 Å². The summed E-state index contributed by atoms with van der Waals surface area (Å²) in [7, 11) is 0. The first-order valence-electron chi connectivity index (χ1n) is 2.77. The summed E-state index contributed by atoms with van der Waals surface area (Å²) in [6, 6.07) is 0. The molecule has 0 bridgehead atoms. The molecule has 1 aliphatic carbocycles. The van der Waals surface area contributed by atoms with Gasteiger partial charge in [0.25, 0.3) is 0 Å². The van der Waals surface area contributed by atoms with Gasteiger partial charge < -0.3 is 9.47 Å². The summed E-state index contributed by atoms with van der Waals surface area (Å²) < 4.78 is 10.4. The molecule has 46 valence electrons. The second kappa shape index (κ2) is 1.59. The van der Waals surface area contributed by atoms with E-state index in [2.05, 4.69) is 0 Å². The fraction of sp³-hybridized carbons (Fsp3) is 1.00. The average molecular weight is 135 g/mol. The van der Waals surface area contributed by atoms with Crippen LogP contribution in [0.1, 0.15) is 0 Å². The zero-order valence-electron chi connectivity index (χ0n) is 4.34. The van der Waals surface area contributed by atoms with E-state index in [0.29, 0.717) is 13.2 Å². The van der Waals surface area contributed by atoms with Crippen molar-refractivity contribution in [3.63, 3.8) is 0 Å². The molecular formula is C5H7ClO2. The maximum Gasteiger partial charge on any atom is 0.104 e. The molecule has 0 radical (unpaired) electrons. The van der Waals surface area contributed by atoms with Crippen LogP contribution in [0.5, 0.6) is 0 Å². The molecular weight excluding hydrogens is 128 g/mol. The monoisotopic (exact) mass is 134 g/mol. The van der Waals surface area contributed by atoms with Crippen molar-refractivity contribution in [1.82, 2.24) is 0 Å². The van der Waals surface area contributed by atoms with Crippen molar-refractivity contribution < 1.29 is 9.47 Å². The summed E-state index contributed by atoms with van der Waals surface area (Å²) in [6.07, 6.45) is 0.427. The summed E-state index contributed by atoms with van der Waals surface area (Å²) in [6.45, 7) is 1.43. The first-order chi connectivity index (χ1) is 3.89. The highest BCUT2D eigenvalue weighted by molar-refractivity contribution is 6.23. The Morgan fingerprint density at radius 3 is 2.00 bits per heavy atom. The Balaban J connectivity index is 1.97. The highest BCUT2D eigenvalue weighted by Crippen LogP contribution is 2.37. The Hall–Kier alpha value is 0.210. The number of halogens is 1. The molecule has 0 N–H and O–H groups in total. The predicted molar refractivity (Wildman–Crippen MR) is 29.1 cm³/mol. The lowest BCUT2D eigenvalue weighted by molar-refractivity contribution is -0.0376. The first kappa shape index (κ1) is 5.03.